The molecule has 1 N–H and O–H groups in total. The Morgan fingerprint density at radius 2 is 1.83 bits per heavy atom. The van der Waals surface area contributed by atoms with Gasteiger partial charge in [0.15, 0.2) is 0 Å². The summed E-state index contributed by atoms with van der Waals surface area (Å²) >= 11 is 5.90. The van der Waals surface area contributed by atoms with E-state index < -0.39 is 15.8 Å². The normalized spacial score (nSPS) is 16.8. The molecule has 6 nitrogen and oxygen atoms in total. The van der Waals surface area contributed by atoms with Crippen LogP contribution in [-0.2, 0) is 14.8 Å². The zero-order valence-corrected chi connectivity index (χ0v) is 18.3. The van der Waals surface area contributed by atoms with Gasteiger partial charge in [-0.3, -0.25) is 4.79 Å². The summed E-state index contributed by atoms with van der Waals surface area (Å²) < 4.78 is 45.9. The number of halogens is 2. The van der Waals surface area contributed by atoms with Crippen molar-refractivity contribution in [3.63, 3.8) is 0 Å². The fourth-order valence-corrected chi connectivity index (χ4v) is 5.28. The second kappa shape index (κ2) is 9.32. The van der Waals surface area contributed by atoms with Crippen molar-refractivity contribution < 1.29 is 22.3 Å². The topological polar surface area (TPSA) is 75.7 Å². The Labute approximate surface area is 181 Å². The summed E-state index contributed by atoms with van der Waals surface area (Å²) in [6.45, 7) is 2.24. The average Bonchev–Trinajstić information content (AvgIpc) is 2.74. The maximum absolute atomic E-state index is 13.6. The van der Waals surface area contributed by atoms with Crippen molar-refractivity contribution in [1.82, 2.24) is 9.62 Å². The molecule has 0 bridgehead atoms. The van der Waals surface area contributed by atoms with Crippen LogP contribution in [-0.4, -0.2) is 38.8 Å². The summed E-state index contributed by atoms with van der Waals surface area (Å²) in [5, 5.41) is 3.60. The average molecular weight is 455 g/mol. The van der Waals surface area contributed by atoms with Crippen LogP contribution in [0.3, 0.4) is 0 Å². The number of ether oxygens (including phenoxy) is 1. The van der Waals surface area contributed by atoms with Crippen molar-refractivity contribution in [2.24, 2.45) is 5.92 Å². The smallest absolute Gasteiger partial charge is 0.246 e. The third-order valence-corrected chi connectivity index (χ3v) is 7.47. The Bertz CT molecular complexity index is 1010. The Balaban J connectivity index is 1.63. The van der Waals surface area contributed by atoms with Crippen molar-refractivity contribution in [3.8, 4) is 5.75 Å². The molecular formula is C21H24ClFN2O4S. The van der Waals surface area contributed by atoms with Crippen LogP contribution in [0.1, 0.15) is 31.4 Å². The number of hydrogen-bond donors (Lipinski definition) is 1. The van der Waals surface area contributed by atoms with Gasteiger partial charge in [-0.1, -0.05) is 23.7 Å². The van der Waals surface area contributed by atoms with Crippen LogP contribution in [0.4, 0.5) is 4.39 Å². The molecule has 9 heteroatoms. The molecule has 2 aromatic carbocycles. The molecule has 1 atom stereocenters. The van der Waals surface area contributed by atoms with Gasteiger partial charge >= 0.3 is 0 Å². The third kappa shape index (κ3) is 4.94. The number of hydrogen-bond acceptors (Lipinski definition) is 4. The predicted molar refractivity (Wildman–Crippen MR) is 112 cm³/mol. The minimum Gasteiger partial charge on any atom is -0.495 e. The van der Waals surface area contributed by atoms with E-state index in [0.717, 1.165) is 17.7 Å². The zero-order valence-electron chi connectivity index (χ0n) is 16.8. The number of rotatable bonds is 6. The summed E-state index contributed by atoms with van der Waals surface area (Å²) in [7, 11) is -2.58. The van der Waals surface area contributed by atoms with E-state index in [0.29, 0.717) is 17.9 Å². The SMILES string of the molecule is COc1ccc(F)cc1S(=O)(=O)N1CCC(C(=O)N[C@@H](C)c2ccc(Cl)cc2)CC1. The molecule has 1 aliphatic rings. The molecule has 0 aliphatic carbocycles. The van der Waals surface area contributed by atoms with Gasteiger partial charge in [-0.05, 0) is 55.7 Å². The van der Waals surface area contributed by atoms with E-state index in [1.807, 2.05) is 19.1 Å². The first-order valence-corrected chi connectivity index (χ1v) is 11.4. The molecule has 162 valence electrons. The Morgan fingerprint density at radius 3 is 2.43 bits per heavy atom. The molecule has 1 saturated heterocycles. The highest BCUT2D eigenvalue weighted by atomic mass is 35.5. The number of carbonyl (C=O) groups is 1. The van der Waals surface area contributed by atoms with Crippen LogP contribution in [0.15, 0.2) is 47.4 Å². The maximum Gasteiger partial charge on any atom is 0.246 e. The van der Waals surface area contributed by atoms with Gasteiger partial charge in [0, 0.05) is 24.0 Å². The van der Waals surface area contributed by atoms with E-state index in [1.165, 1.54) is 17.5 Å². The van der Waals surface area contributed by atoms with Gasteiger partial charge in [-0.15, -0.1) is 0 Å². The summed E-state index contributed by atoms with van der Waals surface area (Å²) in [5.41, 5.74) is 0.936. The summed E-state index contributed by atoms with van der Waals surface area (Å²) in [6, 6.07) is 10.5. The zero-order chi connectivity index (χ0) is 21.9. The first-order chi connectivity index (χ1) is 14.2. The molecule has 0 radical (unpaired) electrons. The molecule has 0 unspecified atom stereocenters. The number of sulfonamides is 1. The monoisotopic (exact) mass is 454 g/mol. The van der Waals surface area contributed by atoms with E-state index in [4.69, 9.17) is 16.3 Å². The molecule has 30 heavy (non-hydrogen) atoms. The van der Waals surface area contributed by atoms with E-state index in [9.17, 15) is 17.6 Å². The van der Waals surface area contributed by atoms with Gasteiger partial charge in [-0.2, -0.15) is 4.31 Å². The largest absolute Gasteiger partial charge is 0.495 e. The van der Waals surface area contributed by atoms with E-state index in [-0.39, 0.29) is 41.6 Å². The van der Waals surface area contributed by atoms with Gasteiger partial charge in [0.1, 0.15) is 16.5 Å². The maximum atomic E-state index is 13.6. The number of benzene rings is 2. The third-order valence-electron chi connectivity index (χ3n) is 5.30. The van der Waals surface area contributed by atoms with Crippen LogP contribution in [0.2, 0.25) is 5.02 Å². The number of methoxy groups -OCH3 is 1. The molecule has 1 fully saturated rings. The van der Waals surface area contributed by atoms with E-state index in [2.05, 4.69) is 5.32 Å². The van der Waals surface area contributed by atoms with Crippen molar-refractivity contribution in [2.75, 3.05) is 20.2 Å². The van der Waals surface area contributed by atoms with Gasteiger partial charge in [0.2, 0.25) is 15.9 Å². The number of amides is 1. The lowest BCUT2D eigenvalue weighted by Gasteiger charge is -2.31. The lowest BCUT2D eigenvalue weighted by atomic mass is 9.96. The predicted octanol–water partition coefficient (Wildman–Crippen LogP) is 3.77. The summed E-state index contributed by atoms with van der Waals surface area (Å²) in [6.07, 6.45) is 0.770. The molecule has 0 aromatic heterocycles. The minimum absolute atomic E-state index is 0.0908. The summed E-state index contributed by atoms with van der Waals surface area (Å²) in [4.78, 5) is 12.4. The van der Waals surface area contributed by atoms with Crippen molar-refractivity contribution in [3.05, 3.63) is 58.9 Å². The Hall–Kier alpha value is -2.16. The van der Waals surface area contributed by atoms with Gasteiger partial charge in [-0.25, -0.2) is 12.8 Å². The molecule has 3 rings (SSSR count). The molecule has 1 heterocycles. The molecule has 0 spiro atoms. The summed E-state index contributed by atoms with van der Waals surface area (Å²) in [5.74, 6) is -0.966. The van der Waals surface area contributed by atoms with Crippen molar-refractivity contribution in [1.29, 1.82) is 0 Å². The molecule has 1 aliphatic heterocycles. The fraction of sp³-hybridized carbons (Fsp3) is 0.381. The second-order valence-electron chi connectivity index (χ2n) is 7.26. The molecule has 0 saturated carbocycles. The lowest BCUT2D eigenvalue weighted by molar-refractivity contribution is -0.126. The van der Waals surface area contributed by atoms with Gasteiger partial charge < -0.3 is 10.1 Å². The molecule has 1 amide bonds. The van der Waals surface area contributed by atoms with Gasteiger partial charge in [0.05, 0.1) is 13.2 Å². The van der Waals surface area contributed by atoms with Crippen molar-refractivity contribution >= 4 is 27.5 Å². The Morgan fingerprint density at radius 1 is 1.20 bits per heavy atom. The van der Waals surface area contributed by atoms with E-state index in [1.54, 1.807) is 12.1 Å². The highest BCUT2D eigenvalue weighted by Crippen LogP contribution is 2.30. The number of nitrogens with one attached hydrogen (secondary N) is 1. The minimum atomic E-state index is -3.92. The number of nitrogens with zero attached hydrogens (tertiary/aromatic N) is 1. The Kier molecular flexibility index (Phi) is 7.00. The number of carbonyl (C=O) groups excluding carboxylic acids is 1. The highest BCUT2D eigenvalue weighted by molar-refractivity contribution is 7.89. The standard InChI is InChI=1S/C21H24ClFN2O4S/c1-14(15-3-5-17(22)6-4-15)24-21(26)16-9-11-25(12-10-16)30(27,28)20-13-18(23)7-8-19(20)29-2/h3-8,13-14,16H,9-12H2,1-2H3,(H,24,26)/t14-/m0/s1. The second-order valence-corrected chi connectivity index (χ2v) is 9.60. The number of piperidine rings is 1. The molecular weight excluding hydrogens is 431 g/mol. The van der Waals surface area contributed by atoms with Crippen molar-refractivity contribution in [2.45, 2.75) is 30.7 Å². The van der Waals surface area contributed by atoms with Gasteiger partial charge in [0.25, 0.3) is 0 Å². The van der Waals surface area contributed by atoms with Crippen LogP contribution in [0, 0.1) is 11.7 Å². The van der Waals surface area contributed by atoms with E-state index >= 15 is 0 Å². The first-order valence-electron chi connectivity index (χ1n) is 9.62. The molecule has 2 aromatic rings. The fourth-order valence-electron chi connectivity index (χ4n) is 3.52. The van der Waals surface area contributed by atoms with Crippen LogP contribution in [0.25, 0.3) is 0 Å². The quantitative estimate of drug-likeness (QED) is 0.721. The van der Waals surface area contributed by atoms with Crippen LogP contribution in [0.5, 0.6) is 5.75 Å². The first kappa shape index (κ1) is 22.5. The highest BCUT2D eigenvalue weighted by Gasteiger charge is 2.34. The van der Waals surface area contributed by atoms with Crippen LogP contribution < -0.4 is 10.1 Å². The van der Waals surface area contributed by atoms with Crippen LogP contribution >= 0.6 is 11.6 Å². The lowest BCUT2D eigenvalue weighted by Crippen LogP contribution is -2.43.